The molecule has 8 heteroatoms. The Bertz CT molecular complexity index is 1230. The zero-order valence-corrected chi connectivity index (χ0v) is 17.6. The van der Waals surface area contributed by atoms with Crippen LogP contribution in [0.2, 0.25) is 0 Å². The second-order valence-electron chi connectivity index (χ2n) is 8.54. The van der Waals surface area contributed by atoms with Gasteiger partial charge in [0.15, 0.2) is 5.65 Å². The Morgan fingerprint density at radius 3 is 2.77 bits per heavy atom. The smallest absolute Gasteiger partial charge is 0.262 e. The summed E-state index contributed by atoms with van der Waals surface area (Å²) in [5.74, 6) is 1.05. The number of hydrogen-bond acceptors (Lipinski definition) is 6. The number of aromatic nitrogens is 5. The average molecular weight is 421 g/mol. The third-order valence-electron chi connectivity index (χ3n) is 6.44. The summed E-state index contributed by atoms with van der Waals surface area (Å²) in [6.07, 6.45) is 7.68. The fraction of sp³-hybridized carbons (Fsp3) is 0.455. The van der Waals surface area contributed by atoms with Gasteiger partial charge in [0, 0.05) is 19.0 Å². The number of hydrogen-bond donors (Lipinski definition) is 1. The quantitative estimate of drug-likeness (QED) is 0.543. The van der Waals surface area contributed by atoms with Crippen molar-refractivity contribution in [3.8, 4) is 0 Å². The molecule has 2 aliphatic rings. The van der Waals surface area contributed by atoms with E-state index < -0.39 is 0 Å². The van der Waals surface area contributed by atoms with Gasteiger partial charge in [-0.1, -0.05) is 31.4 Å². The maximum atomic E-state index is 12.6. The lowest BCUT2D eigenvalue weighted by molar-refractivity contribution is 0.134. The van der Waals surface area contributed by atoms with Crippen molar-refractivity contribution in [3.63, 3.8) is 0 Å². The molecule has 1 aliphatic carbocycles. The monoisotopic (exact) mass is 420 g/mol. The standard InChI is InChI=1S/C22H24N6OS/c29-22-16-10-23-28(15-6-2-1-3-7-15)21(16)25-20(26-22)14-11-27(12-14)13-19-24-17-8-4-5-9-18(17)30-19/h4-5,8-10,14-15H,1-3,6-7,11-13H2,(H,25,26,29). The number of nitrogens with zero attached hydrogens (tertiary/aromatic N) is 5. The summed E-state index contributed by atoms with van der Waals surface area (Å²) >= 11 is 1.76. The van der Waals surface area contributed by atoms with Crippen molar-refractivity contribution in [2.24, 2.45) is 0 Å². The number of para-hydroxylation sites is 1. The van der Waals surface area contributed by atoms with Crippen molar-refractivity contribution >= 4 is 32.6 Å². The normalized spacial score (nSPS) is 18.9. The van der Waals surface area contributed by atoms with Crippen molar-refractivity contribution in [1.29, 1.82) is 0 Å². The summed E-state index contributed by atoms with van der Waals surface area (Å²) in [5, 5.41) is 6.28. The summed E-state index contributed by atoms with van der Waals surface area (Å²) in [6.45, 7) is 2.63. The fourth-order valence-corrected chi connectivity index (χ4v) is 5.80. The van der Waals surface area contributed by atoms with Crippen LogP contribution in [-0.4, -0.2) is 42.7 Å². The number of aromatic amines is 1. The Morgan fingerprint density at radius 2 is 1.93 bits per heavy atom. The second-order valence-corrected chi connectivity index (χ2v) is 9.65. The highest BCUT2D eigenvalue weighted by Crippen LogP contribution is 2.31. The topological polar surface area (TPSA) is 79.7 Å². The second kappa shape index (κ2) is 7.28. The van der Waals surface area contributed by atoms with Crippen LogP contribution in [0.15, 0.2) is 35.3 Å². The van der Waals surface area contributed by atoms with Crippen LogP contribution in [0.5, 0.6) is 0 Å². The van der Waals surface area contributed by atoms with Crippen LogP contribution in [-0.2, 0) is 6.54 Å². The van der Waals surface area contributed by atoms with Crippen LogP contribution >= 0.6 is 11.3 Å². The minimum atomic E-state index is -0.0679. The Morgan fingerprint density at radius 1 is 1.10 bits per heavy atom. The van der Waals surface area contributed by atoms with Crippen molar-refractivity contribution in [1.82, 2.24) is 29.6 Å². The maximum absolute atomic E-state index is 12.6. The molecule has 1 aliphatic heterocycles. The third-order valence-corrected chi connectivity index (χ3v) is 7.46. The van der Waals surface area contributed by atoms with E-state index in [1.807, 2.05) is 10.7 Å². The minimum absolute atomic E-state index is 0.0679. The van der Waals surface area contributed by atoms with Gasteiger partial charge in [0.25, 0.3) is 5.56 Å². The molecule has 154 valence electrons. The van der Waals surface area contributed by atoms with Crippen LogP contribution < -0.4 is 5.56 Å². The molecule has 2 fully saturated rings. The van der Waals surface area contributed by atoms with Gasteiger partial charge in [-0.3, -0.25) is 9.69 Å². The third kappa shape index (κ3) is 3.15. The van der Waals surface area contributed by atoms with Gasteiger partial charge >= 0.3 is 0 Å². The molecule has 1 N–H and O–H groups in total. The summed E-state index contributed by atoms with van der Waals surface area (Å²) in [5.41, 5.74) is 1.76. The number of likely N-dealkylation sites (tertiary alicyclic amines) is 1. The maximum Gasteiger partial charge on any atom is 0.262 e. The number of fused-ring (bicyclic) bond motifs is 2. The van der Waals surface area contributed by atoms with Crippen molar-refractivity contribution in [2.45, 2.75) is 50.6 Å². The molecular weight excluding hydrogens is 396 g/mol. The fourth-order valence-electron chi connectivity index (χ4n) is 4.79. The Balaban J connectivity index is 1.20. The number of nitrogens with one attached hydrogen (secondary N) is 1. The highest BCUT2D eigenvalue weighted by atomic mass is 32.1. The molecule has 0 bridgehead atoms. The number of benzene rings is 1. The summed E-state index contributed by atoms with van der Waals surface area (Å²) in [4.78, 5) is 27.6. The highest BCUT2D eigenvalue weighted by Gasteiger charge is 2.31. The molecule has 3 aromatic heterocycles. The molecule has 30 heavy (non-hydrogen) atoms. The van der Waals surface area contributed by atoms with E-state index in [9.17, 15) is 4.79 Å². The van der Waals surface area contributed by atoms with E-state index in [0.717, 1.165) is 54.5 Å². The van der Waals surface area contributed by atoms with E-state index >= 15 is 0 Å². The van der Waals surface area contributed by atoms with Crippen LogP contribution in [0.3, 0.4) is 0 Å². The molecule has 1 saturated carbocycles. The first kappa shape index (κ1) is 18.2. The minimum Gasteiger partial charge on any atom is -0.310 e. The molecule has 0 unspecified atom stereocenters. The Hall–Kier alpha value is -2.58. The van der Waals surface area contributed by atoms with Gasteiger partial charge in [0.2, 0.25) is 0 Å². The molecule has 0 atom stereocenters. The molecule has 0 radical (unpaired) electrons. The summed E-state index contributed by atoms with van der Waals surface area (Å²) < 4.78 is 3.24. The van der Waals surface area contributed by atoms with Crippen LogP contribution in [0, 0.1) is 0 Å². The largest absolute Gasteiger partial charge is 0.310 e. The predicted octanol–water partition coefficient (Wildman–Crippen LogP) is 3.83. The van der Waals surface area contributed by atoms with Crippen molar-refractivity contribution in [2.75, 3.05) is 13.1 Å². The van der Waals surface area contributed by atoms with E-state index in [0.29, 0.717) is 11.4 Å². The first-order valence-electron chi connectivity index (χ1n) is 10.8. The summed E-state index contributed by atoms with van der Waals surface area (Å²) in [6, 6.07) is 8.64. The Kier molecular flexibility index (Phi) is 4.42. The lowest BCUT2D eigenvalue weighted by atomic mass is 9.96. The lowest BCUT2D eigenvalue weighted by Gasteiger charge is -2.37. The zero-order valence-electron chi connectivity index (χ0n) is 16.8. The van der Waals surface area contributed by atoms with Gasteiger partial charge in [0.1, 0.15) is 16.2 Å². The van der Waals surface area contributed by atoms with Gasteiger partial charge in [-0.2, -0.15) is 5.10 Å². The lowest BCUT2D eigenvalue weighted by Crippen LogP contribution is -2.45. The first-order chi connectivity index (χ1) is 14.7. The van der Waals surface area contributed by atoms with Crippen LogP contribution in [0.4, 0.5) is 0 Å². The van der Waals surface area contributed by atoms with Crippen molar-refractivity contribution < 1.29 is 0 Å². The summed E-state index contributed by atoms with van der Waals surface area (Å²) in [7, 11) is 0. The van der Waals surface area contributed by atoms with Gasteiger partial charge in [-0.25, -0.2) is 14.6 Å². The molecule has 4 aromatic rings. The first-order valence-corrected chi connectivity index (χ1v) is 11.6. The highest BCUT2D eigenvalue weighted by molar-refractivity contribution is 7.18. The molecule has 4 heterocycles. The predicted molar refractivity (Wildman–Crippen MR) is 118 cm³/mol. The van der Waals surface area contributed by atoms with E-state index in [1.54, 1.807) is 17.5 Å². The number of thiazole rings is 1. The van der Waals surface area contributed by atoms with E-state index in [-0.39, 0.29) is 11.5 Å². The van der Waals surface area contributed by atoms with Crippen LogP contribution in [0.25, 0.3) is 21.3 Å². The SMILES string of the molecule is O=c1[nH]c(C2CN(Cc3nc4ccccc4s3)C2)nc2c1cnn2C1CCCCC1. The van der Waals surface area contributed by atoms with E-state index in [1.165, 1.54) is 24.0 Å². The van der Waals surface area contributed by atoms with Gasteiger partial charge < -0.3 is 4.98 Å². The molecule has 1 aromatic carbocycles. The van der Waals surface area contributed by atoms with Crippen molar-refractivity contribution in [3.05, 3.63) is 51.6 Å². The van der Waals surface area contributed by atoms with Gasteiger partial charge in [-0.15, -0.1) is 11.3 Å². The van der Waals surface area contributed by atoms with Gasteiger partial charge in [-0.05, 0) is 25.0 Å². The molecule has 1 saturated heterocycles. The molecule has 0 spiro atoms. The molecular formula is C22H24N6OS. The molecule has 7 nitrogen and oxygen atoms in total. The average Bonchev–Trinajstić information content (AvgIpc) is 3.35. The van der Waals surface area contributed by atoms with Crippen LogP contribution in [0.1, 0.15) is 54.9 Å². The van der Waals surface area contributed by atoms with E-state index in [2.05, 4.69) is 33.2 Å². The van der Waals surface area contributed by atoms with E-state index in [4.69, 9.17) is 9.97 Å². The Labute approximate surface area is 177 Å². The number of rotatable bonds is 4. The molecule has 0 amide bonds. The van der Waals surface area contributed by atoms with Gasteiger partial charge in [0.05, 0.1) is 29.0 Å². The molecule has 6 rings (SSSR count). The zero-order chi connectivity index (χ0) is 20.1. The number of H-pyrrole nitrogens is 1.